The van der Waals surface area contributed by atoms with Gasteiger partial charge in [0.1, 0.15) is 0 Å². The fourth-order valence-corrected chi connectivity index (χ4v) is 0. The standard InChI is InChI=1S/CH2O3.GeH2/c2-1(3)4;/h(H2,2,3,4);1H2/q;+2/p-2. The zero-order chi connectivity index (χ0) is 3.58. The van der Waals surface area contributed by atoms with Gasteiger partial charge in [-0.3, -0.25) is 0 Å². The molecule has 0 N–H and O–H groups in total. The third kappa shape index (κ3) is 358. The Balaban J connectivity index is 0. The average molecular weight is 135 g/mol. The van der Waals surface area contributed by atoms with Crippen LogP contribution in [0.1, 0.15) is 0 Å². The number of hydrogen-bond donors (Lipinski definition) is 0. The fraction of sp³-hybridized carbons (Fsp3) is 0. The van der Waals surface area contributed by atoms with E-state index in [1.165, 1.54) is 0 Å². The van der Waals surface area contributed by atoms with E-state index < -0.39 is 6.16 Å². The second-order valence-electron chi connectivity index (χ2n) is 0.250. The van der Waals surface area contributed by atoms with Gasteiger partial charge in [-0.25, -0.2) is 0 Å². The summed E-state index contributed by atoms with van der Waals surface area (Å²) < 4.78 is 0. The molecule has 0 aromatic rings. The molecule has 0 heterocycles. The van der Waals surface area contributed by atoms with E-state index in [0.717, 1.165) is 0 Å². The van der Waals surface area contributed by atoms with E-state index >= 15 is 0 Å². The van der Waals surface area contributed by atoms with Crippen molar-refractivity contribution in [2.45, 2.75) is 0 Å². The molecule has 0 atom stereocenters. The van der Waals surface area contributed by atoms with Crippen LogP contribution >= 0.6 is 0 Å². The third-order valence-electron chi connectivity index (χ3n) is 0. The van der Waals surface area contributed by atoms with Gasteiger partial charge in [-0.2, -0.15) is 0 Å². The van der Waals surface area contributed by atoms with Gasteiger partial charge in [0.25, 0.3) is 0 Å². The molecule has 0 bridgehead atoms. The third-order valence-corrected chi connectivity index (χ3v) is 0. The molecular formula is CH2GeO3. The minimum atomic E-state index is -2.33. The van der Waals surface area contributed by atoms with Crippen molar-refractivity contribution in [2.75, 3.05) is 0 Å². The van der Waals surface area contributed by atoms with Crippen molar-refractivity contribution in [3.8, 4) is 0 Å². The summed E-state index contributed by atoms with van der Waals surface area (Å²) >= 11 is 0. The molecule has 0 aromatic heterocycles. The van der Waals surface area contributed by atoms with Gasteiger partial charge in [0.05, 0.1) is 0 Å². The first kappa shape index (κ1) is 8.84. The first-order valence-corrected chi connectivity index (χ1v) is 0.612. The number of carbonyl (C=O) groups excluding carboxylic acids is 1. The maximum absolute atomic E-state index is 8.33. The Kier molecular flexibility index (Phi) is 6.74. The summed E-state index contributed by atoms with van der Waals surface area (Å²) in [5.74, 6) is 0. The van der Waals surface area contributed by atoms with Gasteiger partial charge >= 0.3 is 17.6 Å². The van der Waals surface area contributed by atoms with Gasteiger partial charge in [-0.1, -0.05) is 0 Å². The quantitative estimate of drug-likeness (QED) is 0.325. The first-order valence-electron chi connectivity index (χ1n) is 0.612. The van der Waals surface area contributed by atoms with E-state index in [1.807, 2.05) is 0 Å². The van der Waals surface area contributed by atoms with Gasteiger partial charge in [-0.15, -0.1) is 0 Å². The minimum absolute atomic E-state index is 0. The summed E-state index contributed by atoms with van der Waals surface area (Å²) in [5, 5.41) is 16.7. The van der Waals surface area contributed by atoms with Crippen LogP contribution in [0.25, 0.3) is 0 Å². The van der Waals surface area contributed by atoms with Gasteiger partial charge in [-0.05, 0) is 6.16 Å². The summed E-state index contributed by atoms with van der Waals surface area (Å²) in [4.78, 5) is 8.33. The molecule has 4 heteroatoms. The molecule has 0 aliphatic heterocycles. The van der Waals surface area contributed by atoms with Crippen LogP contribution in [-0.4, -0.2) is 23.8 Å². The molecule has 0 saturated carbocycles. The van der Waals surface area contributed by atoms with Crippen molar-refractivity contribution in [3.05, 3.63) is 0 Å². The van der Waals surface area contributed by atoms with Crippen molar-refractivity contribution in [1.29, 1.82) is 0 Å². The predicted octanol–water partition coefficient (Wildman–Crippen LogP) is -3.36. The SMILES string of the molecule is O=C([O-])[O-].[GeH2+2]. The summed E-state index contributed by atoms with van der Waals surface area (Å²) in [6.45, 7) is 0. The van der Waals surface area contributed by atoms with Crippen LogP contribution in [0.2, 0.25) is 0 Å². The zero-order valence-corrected chi connectivity index (χ0v) is 5.40. The molecule has 0 fully saturated rings. The Bertz CT molecular complexity index is 29.9. The fourth-order valence-electron chi connectivity index (χ4n) is 0. The van der Waals surface area contributed by atoms with Gasteiger partial charge in [0, 0.05) is 0 Å². The molecule has 3 nitrogen and oxygen atoms in total. The number of carboxylic acid groups (broad SMARTS) is 2. The van der Waals surface area contributed by atoms with Gasteiger partial charge in [0.15, 0.2) is 0 Å². The van der Waals surface area contributed by atoms with E-state index in [4.69, 9.17) is 15.0 Å². The predicted molar refractivity (Wildman–Crippen MR) is 13.9 cm³/mol. The molecule has 0 saturated heterocycles. The van der Waals surface area contributed by atoms with Crippen molar-refractivity contribution in [3.63, 3.8) is 0 Å². The van der Waals surface area contributed by atoms with Crippen molar-refractivity contribution >= 4 is 23.8 Å². The molecule has 0 unspecified atom stereocenters. The topological polar surface area (TPSA) is 63.2 Å². The van der Waals surface area contributed by atoms with E-state index in [0.29, 0.717) is 0 Å². The second-order valence-corrected chi connectivity index (χ2v) is 0.250. The molecule has 0 rings (SSSR count). The van der Waals surface area contributed by atoms with E-state index in [-0.39, 0.29) is 17.6 Å². The molecule has 0 radical (unpaired) electrons. The molecule has 0 aliphatic carbocycles. The van der Waals surface area contributed by atoms with Crippen LogP contribution in [0.5, 0.6) is 0 Å². The molecular weight excluding hydrogens is 133 g/mol. The average Bonchev–Trinajstić information content (AvgIpc) is 0.811. The molecule has 0 aromatic carbocycles. The first-order chi connectivity index (χ1) is 1.73. The number of hydrogen-bond acceptors (Lipinski definition) is 3. The van der Waals surface area contributed by atoms with Crippen LogP contribution in [0.3, 0.4) is 0 Å². The van der Waals surface area contributed by atoms with E-state index in [1.54, 1.807) is 0 Å². The van der Waals surface area contributed by atoms with E-state index in [9.17, 15) is 0 Å². The molecule has 28 valence electrons. The van der Waals surface area contributed by atoms with Gasteiger partial charge in [0.2, 0.25) is 0 Å². The molecule has 0 aliphatic rings. The Hall–Kier alpha value is -0.187. The number of rotatable bonds is 0. The summed E-state index contributed by atoms with van der Waals surface area (Å²) in [7, 11) is 0. The Labute approximate surface area is 39.6 Å². The Morgan fingerprint density at radius 2 is 1.40 bits per heavy atom. The van der Waals surface area contributed by atoms with Crippen LogP contribution in [0.15, 0.2) is 0 Å². The Morgan fingerprint density at radius 1 is 1.40 bits per heavy atom. The van der Waals surface area contributed by atoms with Crippen LogP contribution in [0, 0.1) is 0 Å². The van der Waals surface area contributed by atoms with Crippen molar-refractivity contribution in [2.24, 2.45) is 0 Å². The van der Waals surface area contributed by atoms with E-state index in [2.05, 4.69) is 0 Å². The number of carbonyl (C=O) groups is 1. The second kappa shape index (κ2) is 3.81. The molecule has 0 amide bonds. The van der Waals surface area contributed by atoms with Crippen molar-refractivity contribution in [1.82, 2.24) is 0 Å². The van der Waals surface area contributed by atoms with Crippen molar-refractivity contribution < 1.29 is 15.0 Å². The summed E-state index contributed by atoms with van der Waals surface area (Å²) in [6, 6.07) is 0. The molecule has 0 spiro atoms. The summed E-state index contributed by atoms with van der Waals surface area (Å²) in [5.41, 5.74) is 0. The monoisotopic (exact) mass is 136 g/mol. The van der Waals surface area contributed by atoms with Crippen LogP contribution in [-0.2, 0) is 0 Å². The van der Waals surface area contributed by atoms with Gasteiger partial charge < -0.3 is 15.0 Å². The zero-order valence-electron chi connectivity index (χ0n) is 2.43. The van der Waals surface area contributed by atoms with Crippen LogP contribution in [0.4, 0.5) is 4.79 Å². The van der Waals surface area contributed by atoms with Crippen LogP contribution < -0.4 is 10.2 Å². The molecule has 5 heavy (non-hydrogen) atoms. The summed E-state index contributed by atoms with van der Waals surface area (Å²) in [6.07, 6.45) is -2.33. The Morgan fingerprint density at radius 3 is 1.40 bits per heavy atom. The maximum atomic E-state index is 8.33. The normalized spacial score (nSPS) is 4.80.